The van der Waals surface area contributed by atoms with Gasteiger partial charge in [0.15, 0.2) is 0 Å². The molecule has 5 aromatic rings. The van der Waals surface area contributed by atoms with E-state index >= 15 is 0 Å². The van der Waals surface area contributed by atoms with Crippen LogP contribution >= 0.6 is 0 Å². The summed E-state index contributed by atoms with van der Waals surface area (Å²) in [5.41, 5.74) is 6.18. The first-order chi connectivity index (χ1) is 20.8. The maximum atomic E-state index is 5.27. The molecule has 0 N–H and O–H groups in total. The van der Waals surface area contributed by atoms with Crippen LogP contribution in [-0.4, -0.2) is 67.2 Å². The van der Waals surface area contributed by atoms with Crippen LogP contribution in [0.4, 0.5) is 11.6 Å². The second-order valence-corrected chi connectivity index (χ2v) is 12.9. The molecule has 0 saturated carbocycles. The molecular formula is C33H20GaN8. The number of hydrogen-bond acceptors (Lipinski definition) is 5. The zero-order valence-corrected chi connectivity index (χ0v) is 24.9. The number of benzene rings is 4. The van der Waals surface area contributed by atoms with E-state index in [-0.39, 0.29) is 0 Å². The molecule has 4 aliphatic heterocycles. The number of aliphatic imine (C=N–C) groups is 6. The van der Waals surface area contributed by atoms with Gasteiger partial charge in [-0.2, -0.15) is 0 Å². The summed E-state index contributed by atoms with van der Waals surface area (Å²) in [5, 5.41) is 2.06. The molecule has 1 aromatic heterocycles. The Morgan fingerprint density at radius 1 is 0.643 bits per heavy atom. The van der Waals surface area contributed by atoms with Gasteiger partial charge in [0.05, 0.1) is 0 Å². The summed E-state index contributed by atoms with van der Waals surface area (Å²) in [6.07, 6.45) is 1.89. The van der Waals surface area contributed by atoms with E-state index in [2.05, 4.69) is 79.7 Å². The van der Waals surface area contributed by atoms with Gasteiger partial charge >= 0.3 is 250 Å². The molecule has 0 amide bonds. The van der Waals surface area contributed by atoms with Gasteiger partial charge in [-0.15, -0.1) is 0 Å². The van der Waals surface area contributed by atoms with Gasteiger partial charge in [-0.3, -0.25) is 0 Å². The van der Waals surface area contributed by atoms with Crippen molar-refractivity contribution in [1.82, 2.24) is 6.88 Å². The van der Waals surface area contributed by atoms with Crippen molar-refractivity contribution in [2.75, 3.05) is 7.05 Å². The Morgan fingerprint density at radius 2 is 1.29 bits per heavy atom. The van der Waals surface area contributed by atoms with Crippen molar-refractivity contribution in [1.29, 1.82) is 0 Å². The fourth-order valence-corrected chi connectivity index (χ4v) is 9.21. The first kappa shape index (κ1) is 23.6. The quantitative estimate of drug-likeness (QED) is 0.234. The fraction of sp³-hybridized carbons (Fsp3) is 0.0303. The van der Waals surface area contributed by atoms with Crippen molar-refractivity contribution in [3.8, 4) is 0 Å². The summed E-state index contributed by atoms with van der Waals surface area (Å²) in [6.45, 7) is 0. The first-order valence-corrected chi connectivity index (χ1v) is 15.9. The van der Waals surface area contributed by atoms with Crippen molar-refractivity contribution in [2.45, 2.75) is 0 Å². The molecule has 4 aliphatic rings. The van der Waals surface area contributed by atoms with Crippen LogP contribution < -0.4 is 0 Å². The van der Waals surface area contributed by atoms with Crippen LogP contribution in [0, 0.1) is 0 Å². The SMILES string of the molecule is CN=C1c2ccccc2C2=NC3=N/C(=N\c4c5ccccc5c(/N=C5\N=Cc6ccccc65)[n]4[Ga][N]12)c1ccccc13. The minimum absolute atomic E-state index is 0.666. The van der Waals surface area contributed by atoms with Gasteiger partial charge in [-0.25, -0.2) is 0 Å². The summed E-state index contributed by atoms with van der Waals surface area (Å²) in [6, 6.07) is 33.1. The number of aromatic nitrogens is 1. The third-order valence-corrected chi connectivity index (χ3v) is 11.0. The van der Waals surface area contributed by atoms with Crippen molar-refractivity contribution >= 4 is 75.7 Å². The number of fused-ring (bicyclic) bond motifs is 11. The average Bonchev–Trinajstić information content (AvgIpc) is 3.76. The normalized spacial score (nSPS) is 19.0. The number of hydrogen-bond donors (Lipinski definition) is 0. The summed E-state index contributed by atoms with van der Waals surface area (Å²) < 4.78 is 4.61. The predicted octanol–water partition coefficient (Wildman–Crippen LogP) is 5.53. The van der Waals surface area contributed by atoms with Crippen LogP contribution in [-0.2, 0) is 0 Å². The van der Waals surface area contributed by atoms with E-state index in [1.54, 1.807) is 0 Å². The Kier molecular flexibility index (Phi) is 5.02. The molecule has 42 heavy (non-hydrogen) atoms. The van der Waals surface area contributed by atoms with Crippen LogP contribution in [0.3, 0.4) is 0 Å². The van der Waals surface area contributed by atoms with E-state index in [0.717, 1.165) is 67.5 Å². The zero-order valence-electron chi connectivity index (χ0n) is 22.5. The molecule has 0 unspecified atom stereocenters. The molecule has 0 saturated heterocycles. The monoisotopic (exact) mass is 597 g/mol. The van der Waals surface area contributed by atoms with Gasteiger partial charge in [0, 0.05) is 0 Å². The molecule has 0 fully saturated rings. The molecule has 195 valence electrons. The first-order valence-electron chi connectivity index (χ1n) is 13.7. The molecule has 9 rings (SSSR count). The second-order valence-electron chi connectivity index (χ2n) is 10.3. The van der Waals surface area contributed by atoms with Gasteiger partial charge in [0.1, 0.15) is 0 Å². The standard InChI is InChI=1S/C33H20N8.Ga/c1-34-27-21-12-4-5-13-22(21)29(36-27)38-31-25-16-8-9-17-26(25)33(40-31)41-32-24-15-7-6-14-23(24)30(39-32)37-28-20-11-3-2-10-19(20)18-35-28;/h2-18H,1H3;/q-2;+2/b37-28-;. The Bertz CT molecular complexity index is 2200. The third kappa shape index (κ3) is 3.32. The van der Waals surface area contributed by atoms with Crippen molar-refractivity contribution in [3.63, 3.8) is 0 Å². The van der Waals surface area contributed by atoms with Gasteiger partial charge < -0.3 is 0 Å². The van der Waals surface area contributed by atoms with Crippen molar-refractivity contribution in [2.24, 2.45) is 30.0 Å². The number of nitrogens with zero attached hydrogens (tertiary/aromatic N) is 8. The molecule has 5 heterocycles. The van der Waals surface area contributed by atoms with Crippen LogP contribution in [0.5, 0.6) is 0 Å². The molecule has 9 heteroatoms. The molecule has 8 nitrogen and oxygen atoms in total. The summed E-state index contributed by atoms with van der Waals surface area (Å²) >= 11 is -1.59. The van der Waals surface area contributed by atoms with Crippen molar-refractivity contribution < 1.29 is 0 Å². The predicted molar refractivity (Wildman–Crippen MR) is 170 cm³/mol. The third-order valence-electron chi connectivity index (χ3n) is 7.96. The molecule has 0 atom stereocenters. The Morgan fingerprint density at radius 3 is 2.07 bits per heavy atom. The molecule has 0 aliphatic carbocycles. The van der Waals surface area contributed by atoms with E-state index in [1.807, 2.05) is 37.5 Å². The molecule has 4 aromatic carbocycles. The van der Waals surface area contributed by atoms with Crippen molar-refractivity contribution in [3.05, 3.63) is 130 Å². The van der Waals surface area contributed by atoms with Gasteiger partial charge in [0.2, 0.25) is 0 Å². The van der Waals surface area contributed by atoms with Crippen LogP contribution in [0.2, 0.25) is 0 Å². The van der Waals surface area contributed by atoms with E-state index in [4.69, 9.17) is 30.0 Å². The summed E-state index contributed by atoms with van der Waals surface area (Å²) in [7, 11) is 1.85. The zero-order chi connectivity index (χ0) is 27.8. The minimum atomic E-state index is -1.59. The maximum absolute atomic E-state index is 5.27. The molecule has 0 spiro atoms. The molecular weight excluding hydrogens is 578 g/mol. The van der Waals surface area contributed by atoms with E-state index in [0.29, 0.717) is 17.5 Å². The van der Waals surface area contributed by atoms with E-state index in [9.17, 15) is 0 Å². The second kappa shape index (κ2) is 8.94. The fourth-order valence-electron chi connectivity index (χ4n) is 6.04. The number of rotatable bonds is 1. The van der Waals surface area contributed by atoms with Gasteiger partial charge in [-0.1, -0.05) is 0 Å². The van der Waals surface area contributed by atoms with E-state index < -0.39 is 17.9 Å². The van der Waals surface area contributed by atoms with Gasteiger partial charge in [0.25, 0.3) is 0 Å². The Hall–Kier alpha value is -5.12. The van der Waals surface area contributed by atoms with Crippen LogP contribution in [0.1, 0.15) is 33.4 Å². The van der Waals surface area contributed by atoms with Gasteiger partial charge in [-0.05, 0) is 0 Å². The topological polar surface area (TPSA) is 82.3 Å². The average molecular weight is 598 g/mol. The molecule has 2 bridgehead atoms. The Labute approximate surface area is 249 Å². The molecule has 1 radical (unpaired) electrons. The summed E-state index contributed by atoms with van der Waals surface area (Å²) in [5.74, 6) is 5.52. The summed E-state index contributed by atoms with van der Waals surface area (Å²) in [4.78, 5) is 30.3. The Balaban J connectivity index is 1.37. The van der Waals surface area contributed by atoms with Crippen LogP contribution in [0.25, 0.3) is 10.8 Å². The van der Waals surface area contributed by atoms with Crippen LogP contribution in [0.15, 0.2) is 127 Å². The number of amidine groups is 5. The van der Waals surface area contributed by atoms with E-state index in [1.165, 1.54) is 0 Å².